The predicted molar refractivity (Wildman–Crippen MR) is 50.0 cm³/mol. The van der Waals surface area contributed by atoms with Crippen molar-refractivity contribution >= 4 is 21.6 Å². The van der Waals surface area contributed by atoms with E-state index in [-0.39, 0.29) is 0 Å². The predicted octanol–water partition coefficient (Wildman–Crippen LogP) is 1.46. The first-order chi connectivity index (χ1) is 5.79. The molecular weight excluding hydrogens is 170 g/mol. The Kier molecular flexibility index (Phi) is 1.78. The van der Waals surface area contributed by atoms with Crippen LogP contribution in [0.1, 0.15) is 10.7 Å². The summed E-state index contributed by atoms with van der Waals surface area (Å²) in [5.41, 5.74) is 5.43. The average Bonchev–Trinajstić information content (AvgIpc) is 2.43. The molecule has 12 heavy (non-hydrogen) atoms. The van der Waals surface area contributed by atoms with Crippen molar-refractivity contribution < 1.29 is 0 Å². The number of fused-ring (bicyclic) bond motifs is 1. The zero-order valence-corrected chi connectivity index (χ0v) is 7.56. The molecule has 2 N–H and O–H groups in total. The first-order valence-corrected chi connectivity index (χ1v) is 4.53. The molecule has 2 heterocycles. The van der Waals surface area contributed by atoms with Gasteiger partial charge in [-0.05, 0) is 13.0 Å². The van der Waals surface area contributed by atoms with E-state index in [2.05, 4.69) is 23.0 Å². The molecule has 0 saturated heterocycles. The maximum atomic E-state index is 5.43. The van der Waals surface area contributed by atoms with Crippen LogP contribution in [0.25, 0.3) is 10.2 Å². The Hall–Kier alpha value is -1.00. The quantitative estimate of drug-likeness (QED) is 0.721. The third-order valence-corrected chi connectivity index (χ3v) is 2.59. The Morgan fingerprint density at radius 1 is 1.58 bits per heavy atom. The Morgan fingerprint density at radius 3 is 3.17 bits per heavy atom. The van der Waals surface area contributed by atoms with Gasteiger partial charge in [-0.15, -0.1) is 11.3 Å². The van der Waals surface area contributed by atoms with Gasteiger partial charge in [0.05, 0.1) is 6.54 Å². The molecule has 2 aromatic heterocycles. The van der Waals surface area contributed by atoms with Crippen molar-refractivity contribution in [3.8, 4) is 0 Å². The van der Waals surface area contributed by atoms with Crippen LogP contribution in [0.4, 0.5) is 0 Å². The first kappa shape index (κ1) is 7.64. The number of hydrogen-bond acceptors (Lipinski definition) is 4. The van der Waals surface area contributed by atoms with Crippen molar-refractivity contribution in [1.82, 2.24) is 9.97 Å². The lowest BCUT2D eigenvalue weighted by molar-refractivity contribution is 0.929. The third kappa shape index (κ3) is 1.19. The van der Waals surface area contributed by atoms with Crippen LogP contribution in [-0.4, -0.2) is 9.97 Å². The van der Waals surface area contributed by atoms with E-state index in [1.54, 1.807) is 11.3 Å². The Labute approximate surface area is 74.3 Å². The molecule has 0 spiro atoms. The van der Waals surface area contributed by atoms with Crippen LogP contribution in [0, 0.1) is 6.92 Å². The van der Waals surface area contributed by atoms with Gasteiger partial charge in [-0.3, -0.25) is 0 Å². The van der Waals surface area contributed by atoms with Crippen molar-refractivity contribution in [3.05, 3.63) is 23.0 Å². The summed E-state index contributed by atoms with van der Waals surface area (Å²) in [6.45, 7) is 2.47. The topological polar surface area (TPSA) is 51.8 Å². The second-order valence-electron chi connectivity index (χ2n) is 2.61. The summed E-state index contributed by atoms with van der Waals surface area (Å²) in [7, 11) is 0. The number of thiophene rings is 1. The minimum absolute atomic E-state index is 0.410. The van der Waals surface area contributed by atoms with E-state index in [0.717, 1.165) is 10.2 Å². The summed E-state index contributed by atoms with van der Waals surface area (Å²) in [5.74, 6) is 0.712. The number of nitrogens with two attached hydrogens (primary N) is 1. The SMILES string of the molecule is Cc1cc2cnc(CN)nc2s1. The molecule has 0 saturated carbocycles. The van der Waals surface area contributed by atoms with Crippen molar-refractivity contribution in [3.63, 3.8) is 0 Å². The van der Waals surface area contributed by atoms with E-state index in [1.165, 1.54) is 4.88 Å². The zero-order valence-electron chi connectivity index (χ0n) is 6.74. The van der Waals surface area contributed by atoms with Gasteiger partial charge >= 0.3 is 0 Å². The zero-order chi connectivity index (χ0) is 8.55. The smallest absolute Gasteiger partial charge is 0.143 e. The van der Waals surface area contributed by atoms with Gasteiger partial charge in [0, 0.05) is 16.5 Å². The second kappa shape index (κ2) is 2.80. The number of rotatable bonds is 1. The number of aromatic nitrogens is 2. The van der Waals surface area contributed by atoms with Gasteiger partial charge < -0.3 is 5.73 Å². The molecule has 4 heteroatoms. The van der Waals surface area contributed by atoms with Crippen LogP contribution in [0.2, 0.25) is 0 Å². The van der Waals surface area contributed by atoms with E-state index in [9.17, 15) is 0 Å². The molecule has 3 nitrogen and oxygen atoms in total. The normalized spacial score (nSPS) is 10.8. The summed E-state index contributed by atoms with van der Waals surface area (Å²) in [6, 6.07) is 2.08. The highest BCUT2D eigenvalue weighted by atomic mass is 32.1. The summed E-state index contributed by atoms with van der Waals surface area (Å²) in [6.07, 6.45) is 1.83. The second-order valence-corrected chi connectivity index (χ2v) is 3.84. The summed E-state index contributed by atoms with van der Waals surface area (Å²) in [5, 5.41) is 1.11. The maximum absolute atomic E-state index is 5.43. The maximum Gasteiger partial charge on any atom is 0.143 e. The van der Waals surface area contributed by atoms with E-state index >= 15 is 0 Å². The number of nitrogens with zero attached hydrogens (tertiary/aromatic N) is 2. The molecule has 0 atom stereocenters. The molecule has 0 aromatic carbocycles. The number of aryl methyl sites for hydroxylation is 1. The van der Waals surface area contributed by atoms with Crippen molar-refractivity contribution in [2.75, 3.05) is 0 Å². The lowest BCUT2D eigenvalue weighted by Crippen LogP contribution is -2.01. The molecular formula is C8H9N3S. The van der Waals surface area contributed by atoms with Gasteiger partial charge in [0.2, 0.25) is 0 Å². The fourth-order valence-electron chi connectivity index (χ4n) is 1.09. The molecule has 0 unspecified atom stereocenters. The highest BCUT2D eigenvalue weighted by Crippen LogP contribution is 2.21. The van der Waals surface area contributed by atoms with Crippen LogP contribution in [-0.2, 0) is 6.54 Å². The van der Waals surface area contributed by atoms with Crippen LogP contribution in [0.5, 0.6) is 0 Å². The van der Waals surface area contributed by atoms with Crippen LogP contribution >= 0.6 is 11.3 Å². The fraction of sp³-hybridized carbons (Fsp3) is 0.250. The monoisotopic (exact) mass is 179 g/mol. The summed E-state index contributed by atoms with van der Waals surface area (Å²) < 4.78 is 0. The molecule has 0 aliphatic carbocycles. The standard InChI is InChI=1S/C8H9N3S/c1-5-2-6-4-10-7(3-9)11-8(6)12-5/h2,4H,3,9H2,1H3. The summed E-state index contributed by atoms with van der Waals surface area (Å²) >= 11 is 1.67. The number of hydrogen-bond donors (Lipinski definition) is 1. The third-order valence-electron chi connectivity index (χ3n) is 1.63. The molecule has 0 bridgehead atoms. The largest absolute Gasteiger partial charge is 0.324 e. The molecule has 62 valence electrons. The first-order valence-electron chi connectivity index (χ1n) is 3.72. The molecule has 2 aromatic rings. The lowest BCUT2D eigenvalue weighted by atomic mass is 10.4. The minimum Gasteiger partial charge on any atom is -0.324 e. The van der Waals surface area contributed by atoms with E-state index in [1.807, 2.05) is 6.20 Å². The highest BCUT2D eigenvalue weighted by Gasteiger charge is 2.00. The van der Waals surface area contributed by atoms with Gasteiger partial charge in [0.1, 0.15) is 10.7 Å². The van der Waals surface area contributed by atoms with Crippen LogP contribution in [0.3, 0.4) is 0 Å². The van der Waals surface area contributed by atoms with Crippen LogP contribution < -0.4 is 5.73 Å². The van der Waals surface area contributed by atoms with Gasteiger partial charge in [-0.1, -0.05) is 0 Å². The Morgan fingerprint density at radius 2 is 2.42 bits per heavy atom. The molecule has 0 aliphatic heterocycles. The van der Waals surface area contributed by atoms with E-state index in [4.69, 9.17) is 5.73 Å². The fourth-order valence-corrected chi connectivity index (χ4v) is 1.96. The van der Waals surface area contributed by atoms with Gasteiger partial charge in [0.25, 0.3) is 0 Å². The van der Waals surface area contributed by atoms with Gasteiger partial charge in [-0.2, -0.15) is 0 Å². The van der Waals surface area contributed by atoms with Gasteiger partial charge in [0.15, 0.2) is 0 Å². The molecule has 0 amide bonds. The van der Waals surface area contributed by atoms with E-state index < -0.39 is 0 Å². The molecule has 0 fully saturated rings. The van der Waals surface area contributed by atoms with Gasteiger partial charge in [-0.25, -0.2) is 9.97 Å². The lowest BCUT2D eigenvalue weighted by Gasteiger charge is -1.92. The Bertz CT molecular complexity index is 408. The van der Waals surface area contributed by atoms with Crippen LogP contribution in [0.15, 0.2) is 12.3 Å². The highest BCUT2D eigenvalue weighted by molar-refractivity contribution is 7.18. The van der Waals surface area contributed by atoms with Crippen molar-refractivity contribution in [2.45, 2.75) is 13.5 Å². The molecule has 0 radical (unpaired) electrons. The minimum atomic E-state index is 0.410. The average molecular weight is 179 g/mol. The van der Waals surface area contributed by atoms with E-state index in [0.29, 0.717) is 12.4 Å². The molecule has 2 rings (SSSR count). The molecule has 0 aliphatic rings. The Balaban J connectivity index is 2.66. The van der Waals surface area contributed by atoms with Crippen molar-refractivity contribution in [2.24, 2.45) is 5.73 Å². The van der Waals surface area contributed by atoms with Crippen molar-refractivity contribution in [1.29, 1.82) is 0 Å². The summed E-state index contributed by atoms with van der Waals surface area (Å²) in [4.78, 5) is 10.7.